The molecule has 1 aromatic heterocycles. The number of nitrogens with one attached hydrogen (secondary N) is 1. The van der Waals surface area contributed by atoms with E-state index in [0.717, 1.165) is 13.0 Å². The van der Waals surface area contributed by atoms with E-state index in [0.29, 0.717) is 12.4 Å². The first-order chi connectivity index (χ1) is 7.57. The van der Waals surface area contributed by atoms with Crippen molar-refractivity contribution in [2.24, 2.45) is 5.73 Å². The monoisotopic (exact) mass is 244 g/mol. The molecule has 0 unspecified atom stereocenters. The van der Waals surface area contributed by atoms with Gasteiger partial charge >= 0.3 is 0 Å². The van der Waals surface area contributed by atoms with Crippen molar-refractivity contribution in [2.45, 2.75) is 26.3 Å². The van der Waals surface area contributed by atoms with Crippen LogP contribution in [0, 0.1) is 0 Å². The second-order valence-corrected chi connectivity index (χ2v) is 4.18. The van der Waals surface area contributed by atoms with Crippen LogP contribution >= 0.6 is 11.6 Å². The summed E-state index contributed by atoms with van der Waals surface area (Å²) in [5.74, 6) is 0.522. The predicted octanol–water partition coefficient (Wildman–Crippen LogP) is 0.987. The van der Waals surface area contributed by atoms with Crippen LogP contribution in [0.4, 0.5) is 5.82 Å². The second-order valence-electron chi connectivity index (χ2n) is 3.80. The van der Waals surface area contributed by atoms with Crippen molar-refractivity contribution in [3.05, 3.63) is 21.7 Å². The summed E-state index contributed by atoms with van der Waals surface area (Å²) < 4.78 is 0. The Morgan fingerprint density at radius 2 is 2.31 bits per heavy atom. The van der Waals surface area contributed by atoms with E-state index in [1.54, 1.807) is 0 Å². The van der Waals surface area contributed by atoms with E-state index >= 15 is 0 Å². The summed E-state index contributed by atoms with van der Waals surface area (Å²) in [5, 5.41) is 0.133. The summed E-state index contributed by atoms with van der Waals surface area (Å²) >= 11 is 5.93. The van der Waals surface area contributed by atoms with E-state index in [4.69, 9.17) is 17.3 Å². The van der Waals surface area contributed by atoms with E-state index in [-0.39, 0.29) is 16.6 Å². The average molecular weight is 245 g/mol. The van der Waals surface area contributed by atoms with E-state index in [1.165, 1.54) is 6.33 Å². The molecule has 0 atom stereocenters. The molecule has 0 aromatic carbocycles. The van der Waals surface area contributed by atoms with Gasteiger partial charge in [-0.05, 0) is 26.8 Å². The summed E-state index contributed by atoms with van der Waals surface area (Å²) in [6.07, 6.45) is 2.20. The highest BCUT2D eigenvalue weighted by molar-refractivity contribution is 6.32. The number of nitrogens with zero attached hydrogens (tertiary/aromatic N) is 2. The molecule has 0 fully saturated rings. The first-order valence-electron chi connectivity index (χ1n) is 5.27. The van der Waals surface area contributed by atoms with Crippen molar-refractivity contribution in [3.63, 3.8) is 0 Å². The van der Waals surface area contributed by atoms with Crippen LogP contribution in [0.15, 0.2) is 11.1 Å². The fourth-order valence-electron chi connectivity index (χ4n) is 1.44. The fourth-order valence-corrected chi connectivity index (χ4v) is 1.66. The first kappa shape index (κ1) is 13.0. The lowest BCUT2D eigenvalue weighted by Crippen LogP contribution is -2.34. The van der Waals surface area contributed by atoms with Crippen molar-refractivity contribution in [2.75, 3.05) is 18.0 Å². The van der Waals surface area contributed by atoms with E-state index in [2.05, 4.69) is 9.97 Å². The maximum atomic E-state index is 11.4. The van der Waals surface area contributed by atoms with Gasteiger partial charge in [0.15, 0.2) is 5.82 Å². The number of H-pyrrole nitrogens is 1. The number of halogens is 1. The summed E-state index contributed by atoms with van der Waals surface area (Å²) in [7, 11) is 0. The maximum Gasteiger partial charge on any atom is 0.271 e. The number of aromatic nitrogens is 2. The minimum atomic E-state index is -0.315. The van der Waals surface area contributed by atoms with Crippen LogP contribution in [0.3, 0.4) is 0 Å². The van der Waals surface area contributed by atoms with Crippen molar-refractivity contribution in [1.82, 2.24) is 9.97 Å². The predicted molar refractivity (Wildman–Crippen MR) is 66.0 cm³/mol. The molecule has 0 bridgehead atoms. The van der Waals surface area contributed by atoms with Gasteiger partial charge in [-0.3, -0.25) is 4.79 Å². The third-order valence-corrected chi connectivity index (χ3v) is 2.62. The Hall–Kier alpha value is -1.07. The lowest BCUT2D eigenvalue weighted by molar-refractivity contribution is 0.647. The average Bonchev–Trinajstić information content (AvgIpc) is 2.24. The topological polar surface area (TPSA) is 75.0 Å². The molecule has 0 aliphatic heterocycles. The molecule has 0 aliphatic carbocycles. The van der Waals surface area contributed by atoms with Gasteiger partial charge in [-0.25, -0.2) is 4.98 Å². The van der Waals surface area contributed by atoms with Crippen LogP contribution < -0.4 is 16.2 Å². The molecule has 0 saturated heterocycles. The zero-order chi connectivity index (χ0) is 12.1. The molecule has 1 rings (SSSR count). The van der Waals surface area contributed by atoms with Gasteiger partial charge in [0.2, 0.25) is 0 Å². The smallest absolute Gasteiger partial charge is 0.271 e. The highest BCUT2D eigenvalue weighted by Gasteiger charge is 2.16. The van der Waals surface area contributed by atoms with Crippen molar-refractivity contribution in [3.8, 4) is 0 Å². The Kier molecular flexibility index (Phi) is 4.76. The number of anilines is 1. The highest BCUT2D eigenvalue weighted by Crippen LogP contribution is 2.20. The van der Waals surface area contributed by atoms with Gasteiger partial charge < -0.3 is 15.6 Å². The van der Waals surface area contributed by atoms with Gasteiger partial charge in [0, 0.05) is 12.6 Å². The van der Waals surface area contributed by atoms with E-state index < -0.39 is 0 Å². The van der Waals surface area contributed by atoms with Crippen LogP contribution in [-0.4, -0.2) is 29.1 Å². The second kappa shape index (κ2) is 5.86. The van der Waals surface area contributed by atoms with Crippen LogP contribution in [0.5, 0.6) is 0 Å². The Bertz CT molecular complexity index is 391. The fraction of sp³-hybridized carbons (Fsp3) is 0.600. The van der Waals surface area contributed by atoms with Crippen molar-refractivity contribution in [1.29, 1.82) is 0 Å². The van der Waals surface area contributed by atoms with Gasteiger partial charge in [0.1, 0.15) is 5.02 Å². The van der Waals surface area contributed by atoms with E-state index in [1.807, 2.05) is 18.7 Å². The van der Waals surface area contributed by atoms with Crippen molar-refractivity contribution >= 4 is 17.4 Å². The van der Waals surface area contributed by atoms with E-state index in [9.17, 15) is 4.79 Å². The Morgan fingerprint density at radius 1 is 1.62 bits per heavy atom. The molecule has 0 radical (unpaired) electrons. The van der Waals surface area contributed by atoms with Gasteiger partial charge in [0.25, 0.3) is 5.56 Å². The highest BCUT2D eigenvalue weighted by atomic mass is 35.5. The molecule has 16 heavy (non-hydrogen) atoms. The molecule has 5 nitrogen and oxygen atoms in total. The van der Waals surface area contributed by atoms with Gasteiger partial charge in [-0.15, -0.1) is 0 Å². The number of hydrogen-bond donors (Lipinski definition) is 2. The summed E-state index contributed by atoms with van der Waals surface area (Å²) in [6, 6.07) is 0.221. The van der Waals surface area contributed by atoms with Gasteiger partial charge in [0.05, 0.1) is 6.33 Å². The molecule has 1 heterocycles. The molecule has 3 N–H and O–H groups in total. The maximum absolute atomic E-state index is 11.4. The van der Waals surface area contributed by atoms with Crippen molar-refractivity contribution < 1.29 is 0 Å². The summed E-state index contributed by atoms with van der Waals surface area (Å²) in [6.45, 7) is 5.39. The van der Waals surface area contributed by atoms with Gasteiger partial charge in [-0.2, -0.15) is 0 Å². The molecule has 6 heteroatoms. The molecule has 0 aliphatic rings. The summed E-state index contributed by atoms with van der Waals surface area (Å²) in [5.41, 5.74) is 5.16. The molecule has 0 amide bonds. The molecule has 90 valence electrons. The summed E-state index contributed by atoms with van der Waals surface area (Å²) in [4.78, 5) is 19.9. The van der Waals surface area contributed by atoms with Gasteiger partial charge in [-0.1, -0.05) is 11.6 Å². The minimum Gasteiger partial charge on any atom is -0.353 e. The Labute approximate surface area is 99.6 Å². The number of nitrogens with two attached hydrogens (primary N) is 1. The SMILES string of the molecule is CC(C)N(CCCN)c1nc[nH]c(=O)c1Cl. The van der Waals surface area contributed by atoms with Crippen LogP contribution in [-0.2, 0) is 0 Å². The zero-order valence-electron chi connectivity index (χ0n) is 9.53. The number of hydrogen-bond acceptors (Lipinski definition) is 4. The normalized spacial score (nSPS) is 10.8. The third kappa shape index (κ3) is 2.96. The standard InChI is InChI=1S/C10H17ClN4O/c1-7(2)15(5-3-4-12)9-8(11)10(16)14-6-13-9/h6-7H,3-5,12H2,1-2H3,(H,13,14,16). The zero-order valence-corrected chi connectivity index (χ0v) is 10.3. The lowest BCUT2D eigenvalue weighted by Gasteiger charge is -2.27. The number of rotatable bonds is 5. The molecule has 0 spiro atoms. The molecular weight excluding hydrogens is 228 g/mol. The first-order valence-corrected chi connectivity index (χ1v) is 5.65. The molecular formula is C10H17ClN4O. The third-order valence-electron chi connectivity index (χ3n) is 2.28. The quantitative estimate of drug-likeness (QED) is 0.810. The minimum absolute atomic E-state index is 0.133. The van der Waals surface area contributed by atoms with Crippen LogP contribution in [0.2, 0.25) is 5.02 Å². The largest absolute Gasteiger partial charge is 0.353 e. The van der Waals surface area contributed by atoms with Crippen LogP contribution in [0.25, 0.3) is 0 Å². The molecule has 1 aromatic rings. The lowest BCUT2D eigenvalue weighted by atomic mass is 10.3. The Morgan fingerprint density at radius 3 is 2.88 bits per heavy atom. The Balaban J connectivity index is 3.01. The van der Waals surface area contributed by atoms with Crippen LogP contribution in [0.1, 0.15) is 20.3 Å². The number of aromatic amines is 1. The molecule has 0 saturated carbocycles.